The highest BCUT2D eigenvalue weighted by Crippen LogP contribution is 2.37. The molecule has 8 heteroatoms. The maximum atomic E-state index is 13.0. The van der Waals surface area contributed by atoms with Crippen LogP contribution in [0.2, 0.25) is 0 Å². The second-order valence-corrected chi connectivity index (χ2v) is 8.16. The van der Waals surface area contributed by atoms with Crippen LogP contribution in [-0.2, 0) is 16.0 Å². The number of carbonyl (C=O) groups excluding carboxylic acids is 2. The lowest BCUT2D eigenvalue weighted by Crippen LogP contribution is -2.41. The predicted octanol–water partition coefficient (Wildman–Crippen LogP) is 3.33. The molecule has 1 atom stereocenters. The van der Waals surface area contributed by atoms with Crippen molar-refractivity contribution in [2.45, 2.75) is 19.4 Å². The van der Waals surface area contributed by atoms with E-state index in [1.54, 1.807) is 30.2 Å². The standard InChI is InChI=1S/C22H22FN3O3S/c1-14(27)26-11-12-29-18(13-26)19-17-3-2-9-25-22(17)30-20(19)21(28)24-10-8-15-4-6-16(23)7-5-15/h2-7,9,18H,8,10-13H2,1H3,(H,24,28)/t18-/m1/s1. The lowest BCUT2D eigenvalue weighted by molar-refractivity contribution is -0.136. The third-order valence-electron chi connectivity index (χ3n) is 5.16. The van der Waals surface area contributed by atoms with Gasteiger partial charge in [-0.3, -0.25) is 9.59 Å². The second-order valence-electron chi connectivity index (χ2n) is 7.16. The molecule has 1 aromatic carbocycles. The van der Waals surface area contributed by atoms with Gasteiger partial charge in [0.1, 0.15) is 21.6 Å². The zero-order valence-electron chi connectivity index (χ0n) is 16.6. The first kappa shape index (κ1) is 20.4. The fraction of sp³-hybridized carbons (Fsp3) is 0.318. The number of rotatable bonds is 5. The molecule has 1 fully saturated rings. The summed E-state index contributed by atoms with van der Waals surface area (Å²) in [5, 5.41) is 3.83. The Balaban J connectivity index is 1.55. The molecule has 1 N–H and O–H groups in total. The van der Waals surface area contributed by atoms with Crippen molar-refractivity contribution in [2.24, 2.45) is 0 Å². The van der Waals surface area contributed by atoms with Gasteiger partial charge in [0.2, 0.25) is 5.91 Å². The summed E-state index contributed by atoms with van der Waals surface area (Å²) in [6, 6.07) is 10.0. The largest absolute Gasteiger partial charge is 0.370 e. The Labute approximate surface area is 177 Å². The van der Waals surface area contributed by atoms with E-state index in [1.165, 1.54) is 23.5 Å². The molecular weight excluding hydrogens is 405 g/mol. The normalized spacial score (nSPS) is 16.6. The average Bonchev–Trinajstić information content (AvgIpc) is 3.15. The summed E-state index contributed by atoms with van der Waals surface area (Å²) in [5.74, 6) is -0.484. The Morgan fingerprint density at radius 2 is 2.10 bits per heavy atom. The molecule has 156 valence electrons. The zero-order valence-corrected chi connectivity index (χ0v) is 17.4. The number of benzene rings is 1. The van der Waals surface area contributed by atoms with Crippen molar-refractivity contribution in [1.29, 1.82) is 0 Å². The van der Waals surface area contributed by atoms with Crippen LogP contribution in [0.25, 0.3) is 10.2 Å². The van der Waals surface area contributed by atoms with Crippen molar-refractivity contribution in [1.82, 2.24) is 15.2 Å². The molecule has 2 amide bonds. The number of hydrogen-bond donors (Lipinski definition) is 1. The molecule has 0 aliphatic carbocycles. The molecular formula is C22H22FN3O3S. The number of pyridine rings is 1. The fourth-order valence-electron chi connectivity index (χ4n) is 3.60. The number of ether oxygens (including phenoxy) is 1. The molecule has 1 aliphatic heterocycles. The van der Waals surface area contributed by atoms with Crippen LogP contribution in [0.5, 0.6) is 0 Å². The maximum absolute atomic E-state index is 13.0. The number of aromatic nitrogens is 1. The Morgan fingerprint density at radius 1 is 1.30 bits per heavy atom. The van der Waals surface area contributed by atoms with E-state index >= 15 is 0 Å². The van der Waals surface area contributed by atoms with E-state index in [0.29, 0.717) is 37.5 Å². The highest BCUT2D eigenvalue weighted by Gasteiger charge is 2.30. The summed E-state index contributed by atoms with van der Waals surface area (Å²) in [4.78, 5) is 32.3. The third-order valence-corrected chi connectivity index (χ3v) is 6.29. The van der Waals surface area contributed by atoms with E-state index in [4.69, 9.17) is 4.74 Å². The second kappa shape index (κ2) is 8.89. The van der Waals surface area contributed by atoms with Crippen LogP contribution < -0.4 is 5.32 Å². The fourth-order valence-corrected chi connectivity index (χ4v) is 4.71. The number of fused-ring (bicyclic) bond motifs is 1. The van der Waals surface area contributed by atoms with E-state index < -0.39 is 0 Å². The SMILES string of the molecule is CC(=O)N1CCO[C@@H](c2c(C(=O)NCCc3ccc(F)cc3)sc3ncccc23)C1. The van der Waals surface area contributed by atoms with Gasteiger partial charge in [0.25, 0.3) is 5.91 Å². The first-order valence-corrected chi connectivity index (χ1v) is 10.6. The van der Waals surface area contributed by atoms with Crippen LogP contribution >= 0.6 is 11.3 Å². The molecule has 1 aliphatic rings. The monoisotopic (exact) mass is 427 g/mol. The number of hydrogen-bond acceptors (Lipinski definition) is 5. The Kier molecular flexibility index (Phi) is 6.06. The first-order chi connectivity index (χ1) is 14.5. The molecule has 0 radical (unpaired) electrons. The minimum atomic E-state index is -0.376. The topological polar surface area (TPSA) is 71.5 Å². The number of halogens is 1. The molecule has 0 spiro atoms. The molecule has 3 aromatic rings. The Bertz CT molecular complexity index is 1070. The molecule has 4 rings (SSSR count). The van der Waals surface area contributed by atoms with Crippen LogP contribution in [0, 0.1) is 5.82 Å². The third kappa shape index (κ3) is 4.34. The number of nitrogens with one attached hydrogen (secondary N) is 1. The summed E-state index contributed by atoms with van der Waals surface area (Å²) in [6.45, 7) is 3.35. The molecule has 0 saturated carbocycles. The van der Waals surface area contributed by atoms with Gasteiger partial charge in [-0.25, -0.2) is 9.37 Å². The summed E-state index contributed by atoms with van der Waals surface area (Å²) in [7, 11) is 0. The number of amides is 2. The lowest BCUT2D eigenvalue weighted by atomic mass is 10.0. The number of morpholine rings is 1. The van der Waals surface area contributed by atoms with Gasteiger partial charge < -0.3 is 15.0 Å². The van der Waals surface area contributed by atoms with E-state index in [-0.39, 0.29) is 23.7 Å². The van der Waals surface area contributed by atoms with Gasteiger partial charge in [-0.15, -0.1) is 11.3 Å². The van der Waals surface area contributed by atoms with Gasteiger partial charge in [0.15, 0.2) is 0 Å². The molecule has 3 heterocycles. The van der Waals surface area contributed by atoms with Crippen molar-refractivity contribution in [2.75, 3.05) is 26.2 Å². The number of carbonyl (C=O) groups is 2. The average molecular weight is 428 g/mol. The smallest absolute Gasteiger partial charge is 0.261 e. The summed E-state index contributed by atoms with van der Waals surface area (Å²) in [6.07, 6.45) is 1.92. The van der Waals surface area contributed by atoms with Crippen LogP contribution in [0.3, 0.4) is 0 Å². The Morgan fingerprint density at radius 3 is 2.87 bits per heavy atom. The van der Waals surface area contributed by atoms with E-state index in [2.05, 4.69) is 10.3 Å². The number of thiophene rings is 1. The lowest BCUT2D eigenvalue weighted by Gasteiger charge is -2.32. The number of nitrogens with zero attached hydrogens (tertiary/aromatic N) is 2. The molecule has 6 nitrogen and oxygen atoms in total. The quantitative estimate of drug-likeness (QED) is 0.678. The van der Waals surface area contributed by atoms with Crippen molar-refractivity contribution in [3.63, 3.8) is 0 Å². The zero-order chi connectivity index (χ0) is 21.1. The minimum Gasteiger partial charge on any atom is -0.370 e. The van der Waals surface area contributed by atoms with Gasteiger partial charge in [0.05, 0.1) is 13.2 Å². The molecule has 0 unspecified atom stereocenters. The van der Waals surface area contributed by atoms with Crippen LogP contribution in [0.1, 0.15) is 33.8 Å². The van der Waals surface area contributed by atoms with Crippen LogP contribution in [-0.4, -0.2) is 47.9 Å². The van der Waals surface area contributed by atoms with E-state index in [9.17, 15) is 14.0 Å². The summed E-state index contributed by atoms with van der Waals surface area (Å²) < 4.78 is 19.0. The van der Waals surface area contributed by atoms with Crippen molar-refractivity contribution in [3.05, 3.63) is 64.4 Å². The van der Waals surface area contributed by atoms with Crippen LogP contribution in [0.4, 0.5) is 4.39 Å². The predicted molar refractivity (Wildman–Crippen MR) is 113 cm³/mol. The molecule has 0 bridgehead atoms. The van der Waals surface area contributed by atoms with Crippen LogP contribution in [0.15, 0.2) is 42.6 Å². The molecule has 1 saturated heterocycles. The van der Waals surface area contributed by atoms with Gasteiger partial charge in [-0.1, -0.05) is 18.2 Å². The first-order valence-electron chi connectivity index (χ1n) is 9.80. The maximum Gasteiger partial charge on any atom is 0.261 e. The Hall–Kier alpha value is -2.84. The summed E-state index contributed by atoms with van der Waals surface area (Å²) in [5.41, 5.74) is 1.73. The summed E-state index contributed by atoms with van der Waals surface area (Å²) >= 11 is 1.33. The van der Waals surface area contributed by atoms with Gasteiger partial charge in [-0.2, -0.15) is 0 Å². The van der Waals surface area contributed by atoms with Crippen molar-refractivity contribution in [3.8, 4) is 0 Å². The van der Waals surface area contributed by atoms with Gasteiger partial charge in [-0.05, 0) is 30.2 Å². The molecule has 30 heavy (non-hydrogen) atoms. The van der Waals surface area contributed by atoms with E-state index in [1.807, 2.05) is 12.1 Å². The van der Waals surface area contributed by atoms with Crippen molar-refractivity contribution >= 4 is 33.4 Å². The van der Waals surface area contributed by atoms with E-state index in [0.717, 1.165) is 21.3 Å². The highest BCUT2D eigenvalue weighted by molar-refractivity contribution is 7.20. The van der Waals surface area contributed by atoms with Crippen molar-refractivity contribution < 1.29 is 18.7 Å². The van der Waals surface area contributed by atoms with Gasteiger partial charge >= 0.3 is 0 Å². The van der Waals surface area contributed by atoms with Gasteiger partial charge in [0, 0.05) is 37.2 Å². The highest BCUT2D eigenvalue weighted by atomic mass is 32.1. The minimum absolute atomic E-state index is 0.00809. The molecule has 2 aromatic heterocycles.